The lowest BCUT2D eigenvalue weighted by Gasteiger charge is -2.20. The number of rotatable bonds is 4. The third kappa shape index (κ3) is 3.52. The highest BCUT2D eigenvalue weighted by Crippen LogP contribution is 2.32. The number of nitrogens with one attached hydrogen (secondary N) is 2. The summed E-state index contributed by atoms with van der Waals surface area (Å²) in [5.74, 6) is 1.25. The van der Waals surface area contributed by atoms with Gasteiger partial charge in [0.05, 0.1) is 5.60 Å². The number of aryl methyl sites for hydroxylation is 1. The molecule has 0 fully saturated rings. The Morgan fingerprint density at radius 2 is 1.81 bits per heavy atom. The summed E-state index contributed by atoms with van der Waals surface area (Å²) in [7, 11) is -0.888. The Bertz CT molecular complexity index is 979. The van der Waals surface area contributed by atoms with Gasteiger partial charge in [0.25, 0.3) is 0 Å². The zero-order valence-electron chi connectivity index (χ0n) is 15.5. The van der Waals surface area contributed by atoms with Gasteiger partial charge in [0.2, 0.25) is 5.95 Å². The second-order valence-electron chi connectivity index (χ2n) is 7.12. The summed E-state index contributed by atoms with van der Waals surface area (Å²) in [4.78, 5) is 8.97. The molecule has 1 aromatic heterocycles. The molecule has 27 heavy (non-hydrogen) atoms. The molecule has 7 heteroatoms. The average molecular weight is 360 g/mol. The first-order chi connectivity index (χ1) is 12.9. The van der Waals surface area contributed by atoms with Crippen LogP contribution in [0.1, 0.15) is 25.0 Å². The van der Waals surface area contributed by atoms with Gasteiger partial charge < -0.3 is 20.3 Å². The van der Waals surface area contributed by atoms with Gasteiger partial charge in [0.15, 0.2) is 0 Å². The van der Waals surface area contributed by atoms with Crippen molar-refractivity contribution in [3.05, 3.63) is 65.9 Å². The van der Waals surface area contributed by atoms with Crippen LogP contribution in [0.2, 0.25) is 0 Å². The zero-order valence-corrected chi connectivity index (χ0v) is 15.5. The summed E-state index contributed by atoms with van der Waals surface area (Å²) in [6.07, 6.45) is 1.78. The van der Waals surface area contributed by atoms with Crippen molar-refractivity contribution in [2.75, 3.05) is 10.6 Å². The molecular formula is C20H21BN4O2. The first-order valence-electron chi connectivity index (χ1n) is 8.85. The largest absolute Gasteiger partial charge is 0.492 e. The SMILES string of the molecule is Cc1cnc(Nc2ccc3c(c2)C(C)(C)OB3O)nc1Nc1ccccc1. The number of aromatic nitrogens is 2. The number of nitrogens with zero attached hydrogens (tertiary/aromatic N) is 2. The molecule has 0 amide bonds. The smallest absolute Gasteiger partial charge is 0.423 e. The molecule has 2 aromatic carbocycles. The van der Waals surface area contributed by atoms with E-state index in [-0.39, 0.29) is 0 Å². The van der Waals surface area contributed by atoms with Crippen LogP contribution in [-0.4, -0.2) is 22.1 Å². The van der Waals surface area contributed by atoms with Crippen molar-refractivity contribution in [1.82, 2.24) is 9.97 Å². The predicted molar refractivity (Wildman–Crippen MR) is 108 cm³/mol. The summed E-state index contributed by atoms with van der Waals surface area (Å²) in [5.41, 5.74) is 3.97. The van der Waals surface area contributed by atoms with Crippen molar-refractivity contribution in [3.63, 3.8) is 0 Å². The fourth-order valence-electron chi connectivity index (χ4n) is 3.19. The predicted octanol–water partition coefficient (Wildman–Crippen LogP) is 3.23. The van der Waals surface area contributed by atoms with E-state index in [4.69, 9.17) is 4.65 Å². The van der Waals surface area contributed by atoms with Crippen molar-refractivity contribution in [2.45, 2.75) is 26.4 Å². The third-order valence-corrected chi connectivity index (χ3v) is 4.64. The van der Waals surface area contributed by atoms with E-state index in [2.05, 4.69) is 20.6 Å². The molecule has 4 rings (SSSR count). The minimum Gasteiger partial charge on any atom is -0.423 e. The van der Waals surface area contributed by atoms with Gasteiger partial charge in [-0.05, 0) is 56.1 Å². The van der Waals surface area contributed by atoms with Crippen LogP contribution in [0.15, 0.2) is 54.7 Å². The van der Waals surface area contributed by atoms with Crippen LogP contribution in [0.4, 0.5) is 23.1 Å². The quantitative estimate of drug-likeness (QED) is 0.620. The fraction of sp³-hybridized carbons (Fsp3) is 0.200. The highest BCUT2D eigenvalue weighted by Gasteiger charge is 2.40. The minimum atomic E-state index is -0.888. The van der Waals surface area contributed by atoms with Gasteiger partial charge in [-0.25, -0.2) is 4.98 Å². The molecule has 0 unspecified atom stereocenters. The molecule has 0 saturated heterocycles. The molecule has 0 saturated carbocycles. The molecule has 6 nitrogen and oxygen atoms in total. The summed E-state index contributed by atoms with van der Waals surface area (Å²) in [6.45, 7) is 5.85. The molecule has 0 radical (unpaired) electrons. The monoisotopic (exact) mass is 360 g/mol. The Morgan fingerprint density at radius 3 is 2.59 bits per heavy atom. The van der Waals surface area contributed by atoms with Crippen molar-refractivity contribution in [3.8, 4) is 0 Å². The van der Waals surface area contributed by atoms with Crippen LogP contribution in [-0.2, 0) is 10.3 Å². The topological polar surface area (TPSA) is 79.3 Å². The second-order valence-corrected chi connectivity index (χ2v) is 7.12. The Morgan fingerprint density at radius 1 is 1.04 bits per heavy atom. The van der Waals surface area contributed by atoms with E-state index < -0.39 is 12.7 Å². The highest BCUT2D eigenvalue weighted by molar-refractivity contribution is 6.62. The van der Waals surface area contributed by atoms with E-state index in [1.54, 1.807) is 6.20 Å². The van der Waals surface area contributed by atoms with Crippen LogP contribution in [0.5, 0.6) is 0 Å². The maximum absolute atomic E-state index is 10.0. The Labute approximate surface area is 158 Å². The molecule has 2 heterocycles. The van der Waals surface area contributed by atoms with E-state index in [1.807, 2.05) is 69.3 Å². The summed E-state index contributed by atoms with van der Waals surface area (Å²) >= 11 is 0. The Kier molecular flexibility index (Phi) is 4.33. The van der Waals surface area contributed by atoms with Crippen LogP contribution in [0.3, 0.4) is 0 Å². The molecule has 0 atom stereocenters. The van der Waals surface area contributed by atoms with Crippen molar-refractivity contribution >= 4 is 35.7 Å². The Hall–Kier alpha value is -2.90. The summed E-state index contributed by atoms with van der Waals surface area (Å²) in [6, 6.07) is 15.6. The van der Waals surface area contributed by atoms with E-state index >= 15 is 0 Å². The zero-order chi connectivity index (χ0) is 19.0. The van der Waals surface area contributed by atoms with E-state index in [9.17, 15) is 5.02 Å². The first-order valence-corrected chi connectivity index (χ1v) is 8.85. The lowest BCUT2D eigenvalue weighted by molar-refractivity contribution is 0.101. The number of fused-ring (bicyclic) bond motifs is 1. The number of benzene rings is 2. The van der Waals surface area contributed by atoms with Gasteiger partial charge in [-0.1, -0.05) is 24.3 Å². The van der Waals surface area contributed by atoms with Crippen molar-refractivity contribution in [1.29, 1.82) is 0 Å². The molecule has 3 N–H and O–H groups in total. The van der Waals surface area contributed by atoms with Gasteiger partial charge in [-0.15, -0.1) is 0 Å². The van der Waals surface area contributed by atoms with Gasteiger partial charge in [0, 0.05) is 23.1 Å². The lowest BCUT2D eigenvalue weighted by Crippen LogP contribution is -2.28. The van der Waals surface area contributed by atoms with E-state index in [1.165, 1.54) is 0 Å². The molecular weight excluding hydrogens is 339 g/mol. The summed E-state index contributed by atoms with van der Waals surface area (Å²) in [5, 5.41) is 16.6. The van der Waals surface area contributed by atoms with E-state index in [0.29, 0.717) is 5.95 Å². The lowest BCUT2D eigenvalue weighted by atomic mass is 9.78. The second kappa shape index (κ2) is 6.68. The maximum Gasteiger partial charge on any atom is 0.492 e. The first kappa shape index (κ1) is 17.5. The maximum atomic E-state index is 10.0. The van der Waals surface area contributed by atoms with Crippen LogP contribution >= 0.6 is 0 Å². The number of anilines is 4. The highest BCUT2D eigenvalue weighted by atomic mass is 16.5. The minimum absolute atomic E-state index is 0.497. The number of hydrogen-bond acceptors (Lipinski definition) is 6. The molecule has 0 bridgehead atoms. The Balaban J connectivity index is 1.60. The van der Waals surface area contributed by atoms with Crippen LogP contribution < -0.4 is 16.1 Å². The number of para-hydroxylation sites is 1. The van der Waals surface area contributed by atoms with E-state index in [0.717, 1.165) is 33.8 Å². The van der Waals surface area contributed by atoms with Crippen molar-refractivity contribution in [2.24, 2.45) is 0 Å². The molecule has 1 aliphatic heterocycles. The molecule has 0 aliphatic carbocycles. The van der Waals surface area contributed by atoms with Gasteiger partial charge in [-0.3, -0.25) is 0 Å². The molecule has 3 aromatic rings. The average Bonchev–Trinajstić information content (AvgIpc) is 2.87. The van der Waals surface area contributed by atoms with Gasteiger partial charge in [0.1, 0.15) is 5.82 Å². The third-order valence-electron chi connectivity index (χ3n) is 4.64. The summed E-state index contributed by atoms with van der Waals surface area (Å²) < 4.78 is 5.61. The fourth-order valence-corrected chi connectivity index (χ4v) is 3.19. The van der Waals surface area contributed by atoms with Crippen LogP contribution in [0.25, 0.3) is 0 Å². The normalized spacial score (nSPS) is 14.7. The van der Waals surface area contributed by atoms with Crippen molar-refractivity contribution < 1.29 is 9.68 Å². The molecule has 0 spiro atoms. The number of hydrogen-bond donors (Lipinski definition) is 3. The molecule has 1 aliphatic rings. The van der Waals surface area contributed by atoms with Gasteiger partial charge >= 0.3 is 7.12 Å². The van der Waals surface area contributed by atoms with Crippen LogP contribution in [0, 0.1) is 6.92 Å². The standard InChI is InChI=1S/C20H21BN4O2/c1-13-12-22-19(25-18(13)23-14-7-5-4-6-8-14)24-15-9-10-17-16(11-15)20(2,3)27-21(17)26/h4-12,26H,1-3H3,(H2,22,23,24,25). The molecule has 136 valence electrons. The van der Waals surface area contributed by atoms with Gasteiger partial charge in [-0.2, -0.15) is 4.98 Å².